The number of amides is 2. The standard InChI is InChI=1S/C37H32F3N3O6/c1-23-17-18-43(22-26-13-15-29(16-14-26)49-37(38,39)40)36(48)34(23)42-35(47)31(19-24-9-11-25(12-10-24)20-33(45)46)41-32(44)21-28-7-4-6-27-5-2-3-8-30(27)28/h2-18,31H,19-22H2,1H3,(H,41,44)(H,42,47)(H,45,46)/t31-/m0/s1. The number of carbonyl (C=O) groups excluding carboxylic acids is 2. The fourth-order valence-electron chi connectivity index (χ4n) is 5.42. The van der Waals surface area contributed by atoms with E-state index >= 15 is 0 Å². The van der Waals surface area contributed by atoms with Crippen LogP contribution in [0.15, 0.2) is 108 Å². The highest BCUT2D eigenvalue weighted by Crippen LogP contribution is 2.23. The predicted octanol–water partition coefficient (Wildman–Crippen LogP) is 5.79. The molecule has 0 bridgehead atoms. The van der Waals surface area contributed by atoms with Crippen molar-refractivity contribution in [3.63, 3.8) is 0 Å². The Morgan fingerprint density at radius 3 is 2.18 bits per heavy atom. The average Bonchev–Trinajstić information content (AvgIpc) is 3.05. The Hall–Kier alpha value is -5.91. The number of benzene rings is 4. The first kappa shape index (κ1) is 34.4. The molecule has 1 aromatic heterocycles. The van der Waals surface area contributed by atoms with E-state index in [-0.39, 0.29) is 31.5 Å². The van der Waals surface area contributed by atoms with Crippen LogP contribution in [-0.2, 0) is 40.2 Å². The third-order valence-electron chi connectivity index (χ3n) is 7.83. The zero-order valence-corrected chi connectivity index (χ0v) is 26.3. The van der Waals surface area contributed by atoms with E-state index in [0.717, 1.165) is 28.5 Å². The Morgan fingerprint density at radius 2 is 1.49 bits per heavy atom. The number of hydrogen-bond donors (Lipinski definition) is 3. The highest BCUT2D eigenvalue weighted by molar-refractivity contribution is 5.98. The summed E-state index contributed by atoms with van der Waals surface area (Å²) >= 11 is 0. The van der Waals surface area contributed by atoms with Gasteiger partial charge in [0.25, 0.3) is 5.56 Å². The highest BCUT2D eigenvalue weighted by atomic mass is 19.4. The molecule has 2 amide bonds. The number of aryl methyl sites for hydroxylation is 1. The second-order valence-electron chi connectivity index (χ2n) is 11.5. The lowest BCUT2D eigenvalue weighted by molar-refractivity contribution is -0.274. The van der Waals surface area contributed by atoms with Gasteiger partial charge in [0.1, 0.15) is 17.5 Å². The van der Waals surface area contributed by atoms with E-state index in [1.807, 2.05) is 42.5 Å². The van der Waals surface area contributed by atoms with Crippen molar-refractivity contribution in [1.82, 2.24) is 9.88 Å². The fraction of sp³-hybridized carbons (Fsp3) is 0.189. The summed E-state index contributed by atoms with van der Waals surface area (Å²) in [5.74, 6) is -2.45. The maximum absolute atomic E-state index is 13.8. The number of pyridine rings is 1. The molecule has 9 nitrogen and oxygen atoms in total. The zero-order chi connectivity index (χ0) is 35.1. The van der Waals surface area contributed by atoms with E-state index in [4.69, 9.17) is 5.11 Å². The average molecular weight is 672 g/mol. The molecule has 0 fully saturated rings. The van der Waals surface area contributed by atoms with Crippen LogP contribution in [0.25, 0.3) is 10.8 Å². The molecular weight excluding hydrogens is 639 g/mol. The van der Waals surface area contributed by atoms with E-state index in [1.54, 1.807) is 37.3 Å². The van der Waals surface area contributed by atoms with Crippen LogP contribution < -0.4 is 20.9 Å². The van der Waals surface area contributed by atoms with Crippen LogP contribution in [0.4, 0.5) is 18.9 Å². The van der Waals surface area contributed by atoms with E-state index in [9.17, 15) is 32.3 Å². The second kappa shape index (κ2) is 14.9. The number of ether oxygens (including phenoxy) is 1. The lowest BCUT2D eigenvalue weighted by Crippen LogP contribution is -2.46. The quantitative estimate of drug-likeness (QED) is 0.154. The number of halogens is 3. The topological polar surface area (TPSA) is 127 Å². The minimum atomic E-state index is -4.83. The molecule has 3 N–H and O–H groups in total. The largest absolute Gasteiger partial charge is 0.573 e. The third kappa shape index (κ3) is 9.34. The van der Waals surface area contributed by atoms with Gasteiger partial charge in [-0.3, -0.25) is 19.2 Å². The van der Waals surface area contributed by atoms with Crippen LogP contribution in [0.1, 0.15) is 27.8 Å². The van der Waals surface area contributed by atoms with Gasteiger partial charge in [-0.25, -0.2) is 0 Å². The van der Waals surface area contributed by atoms with E-state index < -0.39 is 41.5 Å². The third-order valence-corrected chi connectivity index (χ3v) is 7.83. The fourth-order valence-corrected chi connectivity index (χ4v) is 5.42. The van der Waals surface area contributed by atoms with Gasteiger partial charge >= 0.3 is 12.3 Å². The van der Waals surface area contributed by atoms with Crippen molar-refractivity contribution >= 4 is 34.2 Å². The molecule has 12 heteroatoms. The number of aliphatic carboxylic acids is 1. The number of aromatic nitrogens is 1. The van der Waals surface area contributed by atoms with Gasteiger partial charge < -0.3 is 25.0 Å². The Morgan fingerprint density at radius 1 is 0.837 bits per heavy atom. The number of anilines is 1. The monoisotopic (exact) mass is 671 g/mol. The number of hydrogen-bond acceptors (Lipinski definition) is 5. The van der Waals surface area contributed by atoms with Gasteiger partial charge in [-0.2, -0.15) is 0 Å². The van der Waals surface area contributed by atoms with Crippen molar-refractivity contribution in [2.24, 2.45) is 0 Å². The highest BCUT2D eigenvalue weighted by Gasteiger charge is 2.31. The summed E-state index contributed by atoms with van der Waals surface area (Å²) in [5.41, 5.74) is 2.40. The smallest absolute Gasteiger partial charge is 0.481 e. The van der Waals surface area contributed by atoms with E-state index in [1.165, 1.54) is 22.9 Å². The van der Waals surface area contributed by atoms with Crippen molar-refractivity contribution in [2.45, 2.75) is 45.1 Å². The van der Waals surface area contributed by atoms with Crippen LogP contribution >= 0.6 is 0 Å². The first-order chi connectivity index (χ1) is 23.3. The molecule has 0 unspecified atom stereocenters. The summed E-state index contributed by atoms with van der Waals surface area (Å²) in [4.78, 5) is 51.8. The van der Waals surface area contributed by atoms with Crippen LogP contribution in [0.5, 0.6) is 5.75 Å². The molecule has 0 aliphatic rings. The number of carbonyl (C=O) groups is 3. The van der Waals surface area contributed by atoms with Gasteiger partial charge in [0.05, 0.1) is 19.4 Å². The molecular formula is C37H32F3N3O6. The molecule has 1 atom stereocenters. The zero-order valence-electron chi connectivity index (χ0n) is 26.3. The SMILES string of the molecule is Cc1ccn(Cc2ccc(OC(F)(F)F)cc2)c(=O)c1NC(=O)[C@H](Cc1ccc(CC(=O)O)cc1)NC(=O)Cc1cccc2ccccc12. The molecule has 1 heterocycles. The molecule has 0 spiro atoms. The molecule has 5 rings (SSSR count). The van der Waals surface area contributed by atoms with E-state index in [0.29, 0.717) is 22.3 Å². The Bertz CT molecular complexity index is 2040. The summed E-state index contributed by atoms with van der Waals surface area (Å²) in [6.07, 6.45) is -3.45. The Kier molecular flexibility index (Phi) is 10.5. The van der Waals surface area contributed by atoms with Gasteiger partial charge in [0, 0.05) is 12.6 Å². The molecule has 5 aromatic rings. The van der Waals surface area contributed by atoms with Crippen LogP contribution in [-0.4, -0.2) is 39.9 Å². The van der Waals surface area contributed by atoms with E-state index in [2.05, 4.69) is 15.4 Å². The molecule has 0 aliphatic heterocycles. The van der Waals surface area contributed by atoms with Gasteiger partial charge in [0.15, 0.2) is 0 Å². The predicted molar refractivity (Wildman–Crippen MR) is 177 cm³/mol. The number of carboxylic acid groups (broad SMARTS) is 1. The molecule has 0 saturated carbocycles. The van der Waals surface area contributed by atoms with Crippen molar-refractivity contribution in [3.8, 4) is 5.75 Å². The summed E-state index contributed by atoms with van der Waals surface area (Å²) in [6, 6.07) is 25.5. The van der Waals surface area contributed by atoms with Crippen molar-refractivity contribution in [3.05, 3.63) is 141 Å². The number of nitrogens with zero attached hydrogens (tertiary/aromatic N) is 1. The molecule has 4 aromatic carbocycles. The number of nitrogens with one attached hydrogen (secondary N) is 2. The van der Waals surface area contributed by atoms with Gasteiger partial charge in [-0.1, -0.05) is 78.9 Å². The Labute approximate surface area is 279 Å². The van der Waals surface area contributed by atoms with Crippen LogP contribution in [0, 0.1) is 6.92 Å². The number of fused-ring (bicyclic) bond motifs is 1. The molecule has 0 radical (unpaired) electrons. The molecule has 0 saturated heterocycles. The lowest BCUT2D eigenvalue weighted by Gasteiger charge is -2.20. The van der Waals surface area contributed by atoms with Crippen molar-refractivity contribution < 1.29 is 37.4 Å². The minimum absolute atomic E-state index is 0.00215. The first-order valence-corrected chi connectivity index (χ1v) is 15.3. The lowest BCUT2D eigenvalue weighted by atomic mass is 10.0. The summed E-state index contributed by atoms with van der Waals surface area (Å²) in [7, 11) is 0. The molecule has 49 heavy (non-hydrogen) atoms. The normalized spacial score (nSPS) is 11.9. The minimum Gasteiger partial charge on any atom is -0.481 e. The van der Waals surface area contributed by atoms with Crippen molar-refractivity contribution in [1.29, 1.82) is 0 Å². The first-order valence-electron chi connectivity index (χ1n) is 15.3. The number of alkyl halides is 3. The number of carboxylic acids is 1. The van der Waals surface area contributed by atoms with Gasteiger partial charge in [-0.15, -0.1) is 13.2 Å². The van der Waals surface area contributed by atoms with Crippen LogP contribution in [0.3, 0.4) is 0 Å². The van der Waals surface area contributed by atoms with Crippen molar-refractivity contribution in [2.75, 3.05) is 5.32 Å². The van der Waals surface area contributed by atoms with Crippen LogP contribution in [0.2, 0.25) is 0 Å². The maximum atomic E-state index is 13.8. The van der Waals surface area contributed by atoms with Gasteiger partial charge in [0.2, 0.25) is 11.8 Å². The molecule has 0 aliphatic carbocycles. The molecule has 252 valence electrons. The Balaban J connectivity index is 1.37. The summed E-state index contributed by atoms with van der Waals surface area (Å²) < 4.78 is 42.8. The second-order valence-corrected chi connectivity index (χ2v) is 11.5. The summed E-state index contributed by atoms with van der Waals surface area (Å²) in [6.45, 7) is 1.64. The van der Waals surface area contributed by atoms with Gasteiger partial charge in [-0.05, 0) is 63.7 Å². The number of rotatable bonds is 12. The maximum Gasteiger partial charge on any atom is 0.573 e. The summed E-state index contributed by atoms with van der Waals surface area (Å²) in [5, 5.41) is 16.5.